The van der Waals surface area contributed by atoms with Crippen LogP contribution in [0.25, 0.3) is 10.9 Å². The molecule has 5 rings (SSSR count). The molecule has 3 nitrogen and oxygen atoms in total. The van der Waals surface area contributed by atoms with E-state index in [9.17, 15) is 9.18 Å². The minimum Gasteiger partial charge on any atom is -0.313 e. The van der Waals surface area contributed by atoms with Gasteiger partial charge in [0.05, 0.1) is 27.3 Å². The van der Waals surface area contributed by atoms with Gasteiger partial charge in [-0.25, -0.2) is 4.39 Å². The molecule has 2 aliphatic rings. The van der Waals surface area contributed by atoms with Crippen molar-refractivity contribution >= 4 is 50.0 Å². The summed E-state index contributed by atoms with van der Waals surface area (Å²) < 4.78 is 14.4. The van der Waals surface area contributed by atoms with Crippen molar-refractivity contribution in [3.05, 3.63) is 69.0 Å². The van der Waals surface area contributed by atoms with E-state index in [0.717, 1.165) is 40.9 Å². The number of anilines is 1. The van der Waals surface area contributed by atoms with E-state index < -0.39 is 5.41 Å². The Labute approximate surface area is 175 Å². The van der Waals surface area contributed by atoms with Crippen LogP contribution in [0.4, 0.5) is 10.1 Å². The number of hydrogen-bond acceptors (Lipinski definition) is 2. The third-order valence-corrected chi connectivity index (χ3v) is 7.02. The van der Waals surface area contributed by atoms with Crippen molar-refractivity contribution in [1.82, 2.24) is 4.98 Å². The van der Waals surface area contributed by atoms with E-state index in [1.807, 2.05) is 24.3 Å². The summed E-state index contributed by atoms with van der Waals surface area (Å²) in [4.78, 5) is 19.3. The van der Waals surface area contributed by atoms with Crippen LogP contribution in [0.1, 0.15) is 24.0 Å². The number of likely N-dealkylation sites (N-methyl/N-ethyl adjacent to an activating group) is 1. The molecule has 2 aromatic carbocycles. The first-order valence-corrected chi connectivity index (χ1v) is 10.4. The lowest BCUT2D eigenvalue weighted by molar-refractivity contribution is -0.127. The molecule has 1 aliphatic heterocycles. The van der Waals surface area contributed by atoms with Gasteiger partial charge in [0.2, 0.25) is 5.91 Å². The molecule has 1 amide bonds. The van der Waals surface area contributed by atoms with Crippen LogP contribution in [0.3, 0.4) is 0 Å². The summed E-state index contributed by atoms with van der Waals surface area (Å²) in [5, 5.41) is 1.58. The highest BCUT2D eigenvalue weighted by Crippen LogP contribution is 2.58. The van der Waals surface area contributed by atoms with Crippen LogP contribution in [0.5, 0.6) is 0 Å². The lowest BCUT2D eigenvalue weighted by Crippen LogP contribution is -2.49. The molecule has 2 heterocycles. The number of nitrogens with zero attached hydrogens (tertiary/aromatic N) is 2. The monoisotopic (exact) mass is 458 g/mol. The molecule has 1 aromatic heterocycles. The van der Waals surface area contributed by atoms with Gasteiger partial charge in [-0.3, -0.25) is 9.78 Å². The first-order valence-electron chi connectivity index (χ1n) is 9.20. The molecule has 0 unspecified atom stereocenters. The second-order valence-corrected chi connectivity index (χ2v) is 9.14. The van der Waals surface area contributed by atoms with Crippen molar-refractivity contribution in [1.29, 1.82) is 0 Å². The number of hydrogen-bond donors (Lipinski definition) is 0. The molecule has 6 heteroatoms. The maximum absolute atomic E-state index is 14.0. The number of benzene rings is 2. The van der Waals surface area contributed by atoms with Gasteiger partial charge in [-0.2, -0.15) is 0 Å². The van der Waals surface area contributed by atoms with Gasteiger partial charge >= 0.3 is 0 Å². The lowest BCUT2D eigenvalue weighted by Gasteiger charge is -2.44. The number of rotatable bonds is 2. The Morgan fingerprint density at radius 3 is 2.71 bits per heavy atom. The molecule has 1 saturated carbocycles. The zero-order valence-electron chi connectivity index (χ0n) is 15.2. The molecule has 3 aromatic rings. The van der Waals surface area contributed by atoms with E-state index in [-0.39, 0.29) is 11.7 Å². The largest absolute Gasteiger partial charge is 0.313 e. The quantitative estimate of drug-likeness (QED) is 0.496. The number of halogens is 3. The SMILES string of the molecule is CN1C(=O)C2(CC(Cc3ccc(Cl)cc3)C2)c2c1cnc1cc(F)c(Br)cc21. The Morgan fingerprint density at radius 2 is 2.00 bits per heavy atom. The van der Waals surface area contributed by atoms with Crippen LogP contribution in [0.15, 0.2) is 47.1 Å². The third-order valence-electron chi connectivity index (χ3n) is 6.16. The zero-order valence-corrected chi connectivity index (χ0v) is 17.5. The van der Waals surface area contributed by atoms with Gasteiger partial charge in [-0.05, 0) is 64.9 Å². The fourth-order valence-electron chi connectivity index (χ4n) is 4.87. The molecule has 0 radical (unpaired) electrons. The summed E-state index contributed by atoms with van der Waals surface area (Å²) in [6.07, 6.45) is 4.20. The van der Waals surface area contributed by atoms with Gasteiger partial charge in [-0.15, -0.1) is 0 Å². The highest BCUT2D eigenvalue weighted by Gasteiger charge is 2.58. The van der Waals surface area contributed by atoms with E-state index in [0.29, 0.717) is 15.9 Å². The molecular weight excluding hydrogens is 443 g/mol. The molecule has 0 bridgehead atoms. The number of amides is 1. The maximum atomic E-state index is 14.0. The predicted molar refractivity (Wildman–Crippen MR) is 112 cm³/mol. The van der Waals surface area contributed by atoms with Crippen molar-refractivity contribution < 1.29 is 9.18 Å². The second kappa shape index (κ2) is 6.26. The summed E-state index contributed by atoms with van der Waals surface area (Å²) in [6, 6.07) is 11.1. The fourth-order valence-corrected chi connectivity index (χ4v) is 5.34. The smallest absolute Gasteiger partial charge is 0.237 e. The van der Waals surface area contributed by atoms with E-state index >= 15 is 0 Å². The molecule has 0 atom stereocenters. The van der Waals surface area contributed by atoms with Crippen molar-refractivity contribution in [3.8, 4) is 0 Å². The summed E-state index contributed by atoms with van der Waals surface area (Å²) in [7, 11) is 1.80. The van der Waals surface area contributed by atoms with E-state index in [4.69, 9.17) is 11.6 Å². The van der Waals surface area contributed by atoms with E-state index in [1.54, 1.807) is 24.2 Å². The fraction of sp³-hybridized carbons (Fsp3) is 0.273. The summed E-state index contributed by atoms with van der Waals surface area (Å²) >= 11 is 9.26. The van der Waals surface area contributed by atoms with Crippen LogP contribution in [0, 0.1) is 11.7 Å². The topological polar surface area (TPSA) is 33.2 Å². The first-order chi connectivity index (χ1) is 13.4. The average molecular weight is 460 g/mol. The molecule has 1 aliphatic carbocycles. The number of fused-ring (bicyclic) bond motifs is 4. The number of pyridine rings is 1. The van der Waals surface area contributed by atoms with Crippen LogP contribution in [-0.2, 0) is 16.6 Å². The minimum atomic E-state index is -0.528. The van der Waals surface area contributed by atoms with Gasteiger partial charge in [0, 0.05) is 29.1 Å². The molecule has 1 spiro atoms. The van der Waals surface area contributed by atoms with Crippen LogP contribution < -0.4 is 4.90 Å². The van der Waals surface area contributed by atoms with Crippen molar-refractivity contribution in [3.63, 3.8) is 0 Å². The van der Waals surface area contributed by atoms with E-state index in [2.05, 4.69) is 20.9 Å². The maximum Gasteiger partial charge on any atom is 0.237 e. The minimum absolute atomic E-state index is 0.115. The zero-order chi connectivity index (χ0) is 19.6. The van der Waals surface area contributed by atoms with Crippen LogP contribution in [0.2, 0.25) is 5.02 Å². The molecule has 0 saturated heterocycles. The van der Waals surface area contributed by atoms with Crippen molar-refractivity contribution in [2.24, 2.45) is 5.92 Å². The number of carbonyl (C=O) groups is 1. The Kier molecular flexibility index (Phi) is 4.04. The van der Waals surface area contributed by atoms with Gasteiger partial charge in [0.25, 0.3) is 0 Å². The standard InChI is InChI=1S/C22H17BrClFN2O/c1-27-19-11-26-18-8-17(25)16(23)7-15(18)20(19)22(21(27)28)9-13(10-22)6-12-2-4-14(24)5-3-12/h2-5,7-8,11,13H,6,9-10H2,1H3. The Morgan fingerprint density at radius 1 is 1.29 bits per heavy atom. The third kappa shape index (κ3) is 2.52. The number of carbonyl (C=O) groups excluding carboxylic acids is 1. The van der Waals surface area contributed by atoms with Gasteiger partial charge in [0.1, 0.15) is 5.82 Å². The molecule has 142 valence electrons. The van der Waals surface area contributed by atoms with Crippen molar-refractivity contribution in [2.75, 3.05) is 11.9 Å². The van der Waals surface area contributed by atoms with E-state index in [1.165, 1.54) is 11.6 Å². The Balaban J connectivity index is 1.54. The van der Waals surface area contributed by atoms with Crippen LogP contribution in [-0.4, -0.2) is 17.9 Å². The Hall–Kier alpha value is -1.98. The van der Waals surface area contributed by atoms with Crippen molar-refractivity contribution in [2.45, 2.75) is 24.7 Å². The predicted octanol–water partition coefficient (Wildman–Crippen LogP) is 5.66. The molecular formula is C22H17BrClFN2O. The summed E-state index contributed by atoms with van der Waals surface area (Å²) in [6.45, 7) is 0. The summed E-state index contributed by atoms with van der Waals surface area (Å²) in [5.74, 6) is 0.196. The Bertz CT molecular complexity index is 1130. The average Bonchev–Trinajstić information content (AvgIpc) is 2.87. The lowest BCUT2D eigenvalue weighted by atomic mass is 9.57. The highest BCUT2D eigenvalue weighted by molar-refractivity contribution is 9.10. The number of aromatic nitrogens is 1. The summed E-state index contributed by atoms with van der Waals surface area (Å²) in [5.41, 5.74) is 3.12. The highest BCUT2D eigenvalue weighted by atomic mass is 79.9. The molecule has 28 heavy (non-hydrogen) atoms. The van der Waals surface area contributed by atoms with Gasteiger partial charge < -0.3 is 4.90 Å². The molecule has 1 fully saturated rings. The first kappa shape index (κ1) is 18.1. The second-order valence-electron chi connectivity index (χ2n) is 7.85. The normalized spacial score (nSPS) is 23.4. The molecule has 0 N–H and O–H groups in total. The van der Waals surface area contributed by atoms with Gasteiger partial charge in [0.15, 0.2) is 0 Å². The van der Waals surface area contributed by atoms with Gasteiger partial charge in [-0.1, -0.05) is 23.7 Å². The van der Waals surface area contributed by atoms with Crippen LogP contribution >= 0.6 is 27.5 Å².